The fourth-order valence-electron chi connectivity index (χ4n) is 4.15. The SMILES string of the molecule is Cc1ccc(Cl)cc1-c1ccc(CN2CCCC(c3ccccc3)C2)cc1. The Balaban J connectivity index is 1.44. The normalized spacial score (nSPS) is 17.8. The molecule has 0 saturated carbocycles. The van der Waals surface area contributed by atoms with Crippen molar-refractivity contribution in [3.63, 3.8) is 0 Å². The number of hydrogen-bond donors (Lipinski definition) is 0. The highest BCUT2D eigenvalue weighted by atomic mass is 35.5. The van der Waals surface area contributed by atoms with Crippen molar-refractivity contribution in [1.82, 2.24) is 4.90 Å². The number of hydrogen-bond acceptors (Lipinski definition) is 1. The molecule has 1 heterocycles. The number of aryl methyl sites for hydroxylation is 1. The van der Waals surface area contributed by atoms with E-state index in [0.717, 1.165) is 18.1 Å². The van der Waals surface area contributed by atoms with Crippen LogP contribution in [0.25, 0.3) is 11.1 Å². The largest absolute Gasteiger partial charge is 0.298 e. The Morgan fingerprint density at radius 1 is 0.963 bits per heavy atom. The summed E-state index contributed by atoms with van der Waals surface area (Å²) in [5.74, 6) is 0.660. The Labute approximate surface area is 167 Å². The van der Waals surface area contributed by atoms with Gasteiger partial charge in [-0.1, -0.05) is 72.3 Å². The molecule has 0 spiro atoms. The molecule has 1 saturated heterocycles. The predicted molar refractivity (Wildman–Crippen MR) is 115 cm³/mol. The van der Waals surface area contributed by atoms with E-state index in [0.29, 0.717) is 5.92 Å². The first-order chi connectivity index (χ1) is 13.2. The van der Waals surface area contributed by atoms with Crippen LogP contribution < -0.4 is 0 Å². The van der Waals surface area contributed by atoms with Gasteiger partial charge < -0.3 is 0 Å². The zero-order valence-electron chi connectivity index (χ0n) is 15.9. The Hall–Kier alpha value is -2.09. The van der Waals surface area contributed by atoms with Crippen molar-refractivity contribution in [1.29, 1.82) is 0 Å². The number of piperidine rings is 1. The summed E-state index contributed by atoms with van der Waals surface area (Å²) in [6.45, 7) is 5.51. The lowest BCUT2D eigenvalue weighted by molar-refractivity contribution is 0.200. The molecular weight excluding hydrogens is 350 g/mol. The summed E-state index contributed by atoms with van der Waals surface area (Å²) in [6, 6.07) is 26.1. The monoisotopic (exact) mass is 375 g/mol. The predicted octanol–water partition coefficient (Wildman–Crippen LogP) is 6.70. The lowest BCUT2D eigenvalue weighted by Gasteiger charge is -2.33. The van der Waals surface area contributed by atoms with Gasteiger partial charge in [-0.2, -0.15) is 0 Å². The van der Waals surface area contributed by atoms with Crippen LogP contribution in [0.1, 0.15) is 35.4 Å². The zero-order valence-corrected chi connectivity index (χ0v) is 16.6. The number of nitrogens with zero attached hydrogens (tertiary/aromatic N) is 1. The van der Waals surface area contributed by atoms with Crippen LogP contribution in [0, 0.1) is 6.92 Å². The van der Waals surface area contributed by atoms with Gasteiger partial charge in [-0.3, -0.25) is 4.90 Å². The van der Waals surface area contributed by atoms with E-state index in [1.807, 2.05) is 6.07 Å². The molecule has 0 N–H and O–H groups in total. The summed E-state index contributed by atoms with van der Waals surface area (Å²) < 4.78 is 0. The average Bonchev–Trinajstić information content (AvgIpc) is 2.71. The van der Waals surface area contributed by atoms with Crippen molar-refractivity contribution in [2.45, 2.75) is 32.2 Å². The molecule has 1 aliphatic rings. The van der Waals surface area contributed by atoms with Crippen LogP contribution in [0.15, 0.2) is 72.8 Å². The summed E-state index contributed by atoms with van der Waals surface area (Å²) in [4.78, 5) is 2.60. The third kappa shape index (κ3) is 4.43. The second-order valence-corrected chi connectivity index (χ2v) is 8.08. The van der Waals surface area contributed by atoms with Crippen LogP contribution in [0.3, 0.4) is 0 Å². The molecule has 1 atom stereocenters. The lowest BCUT2D eigenvalue weighted by atomic mass is 9.90. The van der Waals surface area contributed by atoms with Crippen LogP contribution in [-0.4, -0.2) is 18.0 Å². The fraction of sp³-hybridized carbons (Fsp3) is 0.280. The van der Waals surface area contributed by atoms with E-state index >= 15 is 0 Å². The van der Waals surface area contributed by atoms with Crippen molar-refractivity contribution in [2.75, 3.05) is 13.1 Å². The molecule has 1 aliphatic heterocycles. The first kappa shape index (κ1) is 18.3. The van der Waals surface area contributed by atoms with Crippen LogP contribution in [-0.2, 0) is 6.54 Å². The van der Waals surface area contributed by atoms with Crippen molar-refractivity contribution >= 4 is 11.6 Å². The highest BCUT2D eigenvalue weighted by Crippen LogP contribution is 2.29. The zero-order chi connectivity index (χ0) is 18.6. The third-order valence-corrected chi connectivity index (χ3v) is 5.88. The average molecular weight is 376 g/mol. The number of likely N-dealkylation sites (tertiary alicyclic amines) is 1. The molecule has 3 aromatic rings. The number of rotatable bonds is 4. The van der Waals surface area contributed by atoms with Crippen LogP contribution >= 0.6 is 11.6 Å². The maximum absolute atomic E-state index is 6.18. The van der Waals surface area contributed by atoms with Crippen molar-refractivity contribution in [3.8, 4) is 11.1 Å². The number of benzene rings is 3. The van der Waals surface area contributed by atoms with Gasteiger partial charge in [0.1, 0.15) is 0 Å². The van der Waals surface area contributed by atoms with Gasteiger partial charge in [-0.05, 0) is 72.2 Å². The molecule has 3 aromatic carbocycles. The van der Waals surface area contributed by atoms with Gasteiger partial charge in [-0.25, -0.2) is 0 Å². The minimum Gasteiger partial charge on any atom is -0.298 e. The molecule has 2 heteroatoms. The second-order valence-electron chi connectivity index (χ2n) is 7.64. The third-order valence-electron chi connectivity index (χ3n) is 5.65. The first-order valence-electron chi connectivity index (χ1n) is 9.82. The molecule has 0 radical (unpaired) electrons. The van der Waals surface area contributed by atoms with Crippen molar-refractivity contribution in [3.05, 3.63) is 94.5 Å². The minimum absolute atomic E-state index is 0.660. The standard InChI is InChI=1S/C25H26ClN/c1-19-9-14-24(26)16-25(19)22-12-10-20(11-13-22)17-27-15-5-8-23(18-27)21-6-3-2-4-7-21/h2-4,6-7,9-14,16,23H,5,8,15,17-18H2,1H3. The van der Waals surface area contributed by atoms with E-state index in [-0.39, 0.29) is 0 Å². The quantitative estimate of drug-likeness (QED) is 0.490. The van der Waals surface area contributed by atoms with Gasteiger partial charge in [-0.15, -0.1) is 0 Å². The molecule has 0 bridgehead atoms. The van der Waals surface area contributed by atoms with E-state index < -0.39 is 0 Å². The smallest absolute Gasteiger partial charge is 0.0412 e. The van der Waals surface area contributed by atoms with E-state index in [2.05, 4.69) is 78.6 Å². The molecule has 1 nitrogen and oxygen atoms in total. The number of halogens is 1. The van der Waals surface area contributed by atoms with Gasteiger partial charge in [0.15, 0.2) is 0 Å². The van der Waals surface area contributed by atoms with E-state index in [9.17, 15) is 0 Å². The van der Waals surface area contributed by atoms with Crippen molar-refractivity contribution < 1.29 is 0 Å². The van der Waals surface area contributed by atoms with Crippen molar-refractivity contribution in [2.24, 2.45) is 0 Å². The van der Waals surface area contributed by atoms with Gasteiger partial charge >= 0.3 is 0 Å². The first-order valence-corrected chi connectivity index (χ1v) is 10.2. The molecule has 138 valence electrons. The summed E-state index contributed by atoms with van der Waals surface area (Å²) in [5.41, 5.74) is 6.57. The molecule has 0 aromatic heterocycles. The molecule has 1 fully saturated rings. The molecule has 0 amide bonds. The van der Waals surface area contributed by atoms with Gasteiger partial charge in [0.2, 0.25) is 0 Å². The Morgan fingerprint density at radius 2 is 1.74 bits per heavy atom. The minimum atomic E-state index is 0.660. The summed E-state index contributed by atoms with van der Waals surface area (Å²) >= 11 is 6.18. The van der Waals surface area contributed by atoms with Crippen LogP contribution in [0.2, 0.25) is 5.02 Å². The molecule has 27 heavy (non-hydrogen) atoms. The molecule has 0 aliphatic carbocycles. The Morgan fingerprint density at radius 3 is 2.52 bits per heavy atom. The highest BCUT2D eigenvalue weighted by Gasteiger charge is 2.21. The Kier molecular flexibility index (Phi) is 5.61. The second kappa shape index (κ2) is 8.29. The van der Waals surface area contributed by atoms with Gasteiger partial charge in [0.05, 0.1) is 0 Å². The lowest BCUT2D eigenvalue weighted by Crippen LogP contribution is -2.33. The topological polar surface area (TPSA) is 3.24 Å². The van der Waals surface area contributed by atoms with E-state index in [4.69, 9.17) is 11.6 Å². The maximum Gasteiger partial charge on any atom is 0.0412 e. The van der Waals surface area contributed by atoms with Gasteiger partial charge in [0.25, 0.3) is 0 Å². The van der Waals surface area contributed by atoms with E-state index in [1.54, 1.807) is 0 Å². The molecular formula is C25H26ClN. The van der Waals surface area contributed by atoms with Crippen LogP contribution in [0.5, 0.6) is 0 Å². The summed E-state index contributed by atoms with van der Waals surface area (Å²) in [7, 11) is 0. The Bertz CT molecular complexity index is 886. The molecule has 1 unspecified atom stereocenters. The summed E-state index contributed by atoms with van der Waals surface area (Å²) in [5, 5.41) is 0.792. The fourth-order valence-corrected chi connectivity index (χ4v) is 4.32. The van der Waals surface area contributed by atoms with Crippen LogP contribution in [0.4, 0.5) is 0 Å². The maximum atomic E-state index is 6.18. The van der Waals surface area contributed by atoms with E-state index in [1.165, 1.54) is 47.2 Å². The summed E-state index contributed by atoms with van der Waals surface area (Å²) in [6.07, 6.45) is 2.58. The highest BCUT2D eigenvalue weighted by molar-refractivity contribution is 6.30. The van der Waals surface area contributed by atoms with Gasteiger partial charge in [0, 0.05) is 18.1 Å². The molecule has 4 rings (SSSR count).